The Morgan fingerprint density at radius 2 is 2.21 bits per heavy atom. The molecule has 3 rings (SSSR count). The summed E-state index contributed by atoms with van der Waals surface area (Å²) >= 11 is 0. The maximum atomic E-state index is 5.90. The molecular weight excluding hydrogens is 240 g/mol. The third-order valence-electron chi connectivity index (χ3n) is 4.12. The van der Waals surface area contributed by atoms with Gasteiger partial charge in [0.2, 0.25) is 0 Å². The quantitative estimate of drug-likeness (QED) is 0.880. The van der Waals surface area contributed by atoms with Gasteiger partial charge in [-0.2, -0.15) is 0 Å². The van der Waals surface area contributed by atoms with Crippen molar-refractivity contribution in [3.63, 3.8) is 0 Å². The molecule has 2 aliphatic rings. The van der Waals surface area contributed by atoms with Crippen LogP contribution in [-0.4, -0.2) is 35.3 Å². The Labute approximate surface area is 114 Å². The molecular formula is C14H22N4O. The summed E-state index contributed by atoms with van der Waals surface area (Å²) in [6.07, 6.45) is 6.10. The average Bonchev–Trinajstić information content (AvgIpc) is 2.46. The number of morpholine rings is 1. The number of hydrogen-bond donors (Lipinski definition) is 1. The van der Waals surface area contributed by atoms with Gasteiger partial charge in [0.1, 0.15) is 17.5 Å². The lowest BCUT2D eigenvalue weighted by Gasteiger charge is -2.44. The van der Waals surface area contributed by atoms with E-state index in [0.29, 0.717) is 18.0 Å². The Morgan fingerprint density at radius 1 is 1.37 bits per heavy atom. The van der Waals surface area contributed by atoms with Crippen LogP contribution in [0.1, 0.15) is 38.4 Å². The molecule has 5 nitrogen and oxygen atoms in total. The molecule has 1 aliphatic carbocycles. The highest BCUT2D eigenvalue weighted by molar-refractivity contribution is 5.48. The highest BCUT2D eigenvalue weighted by atomic mass is 16.5. The first-order chi connectivity index (χ1) is 9.28. The molecule has 1 saturated heterocycles. The minimum Gasteiger partial charge on any atom is -0.384 e. The molecule has 2 unspecified atom stereocenters. The lowest BCUT2D eigenvalue weighted by molar-refractivity contribution is -0.00900. The largest absolute Gasteiger partial charge is 0.384 e. The van der Waals surface area contributed by atoms with E-state index in [1.807, 2.05) is 6.07 Å². The predicted molar refractivity (Wildman–Crippen MR) is 75.2 cm³/mol. The third-order valence-corrected chi connectivity index (χ3v) is 4.12. The summed E-state index contributed by atoms with van der Waals surface area (Å²) in [5, 5.41) is 0. The summed E-state index contributed by atoms with van der Waals surface area (Å²) in [4.78, 5) is 11.3. The fourth-order valence-electron chi connectivity index (χ4n) is 3.19. The van der Waals surface area contributed by atoms with Gasteiger partial charge < -0.3 is 15.4 Å². The molecule has 2 N–H and O–H groups in total. The summed E-state index contributed by atoms with van der Waals surface area (Å²) in [5.41, 5.74) is 5.90. The molecule has 104 valence electrons. The van der Waals surface area contributed by atoms with E-state index in [0.717, 1.165) is 31.2 Å². The van der Waals surface area contributed by atoms with Gasteiger partial charge in [0.05, 0.1) is 18.8 Å². The standard InChI is InChI=1S/C14H22N4O/c1-2-13-16-12(15)9-14(17-13)18-7-8-19-11-6-4-3-5-10(11)18/h9-11H,2-8H2,1H3,(H2,15,16,17). The number of aromatic nitrogens is 2. The van der Waals surface area contributed by atoms with Crippen LogP contribution in [-0.2, 0) is 11.2 Å². The normalized spacial score (nSPS) is 27.1. The first kappa shape index (κ1) is 12.7. The van der Waals surface area contributed by atoms with Crippen LogP contribution in [0, 0.1) is 0 Å². The number of fused-ring (bicyclic) bond motifs is 1. The number of anilines is 2. The summed E-state index contributed by atoms with van der Waals surface area (Å²) in [5.74, 6) is 2.37. The van der Waals surface area contributed by atoms with Gasteiger partial charge >= 0.3 is 0 Å². The first-order valence-electron chi connectivity index (χ1n) is 7.29. The van der Waals surface area contributed by atoms with Crippen molar-refractivity contribution in [1.29, 1.82) is 0 Å². The molecule has 1 aromatic rings. The zero-order chi connectivity index (χ0) is 13.2. The number of nitrogens with zero attached hydrogens (tertiary/aromatic N) is 3. The van der Waals surface area contributed by atoms with Gasteiger partial charge in [-0.15, -0.1) is 0 Å². The molecule has 1 aromatic heterocycles. The van der Waals surface area contributed by atoms with Crippen molar-refractivity contribution in [3.8, 4) is 0 Å². The summed E-state index contributed by atoms with van der Waals surface area (Å²) in [7, 11) is 0. The van der Waals surface area contributed by atoms with Gasteiger partial charge in [-0.3, -0.25) is 0 Å². The molecule has 1 saturated carbocycles. The van der Waals surface area contributed by atoms with Crippen LogP contribution in [0.3, 0.4) is 0 Å². The molecule has 5 heteroatoms. The van der Waals surface area contributed by atoms with Gasteiger partial charge in [0, 0.05) is 19.0 Å². The van der Waals surface area contributed by atoms with Crippen molar-refractivity contribution in [3.05, 3.63) is 11.9 Å². The molecule has 2 heterocycles. The highest BCUT2D eigenvalue weighted by Gasteiger charge is 2.35. The first-order valence-corrected chi connectivity index (χ1v) is 7.29. The van der Waals surface area contributed by atoms with Crippen molar-refractivity contribution in [1.82, 2.24) is 9.97 Å². The molecule has 0 amide bonds. The Morgan fingerprint density at radius 3 is 3.05 bits per heavy atom. The number of nitrogens with two attached hydrogens (primary N) is 1. The van der Waals surface area contributed by atoms with Crippen molar-refractivity contribution in [2.75, 3.05) is 23.8 Å². The van der Waals surface area contributed by atoms with Crippen LogP contribution in [0.25, 0.3) is 0 Å². The average molecular weight is 262 g/mol. The number of aryl methyl sites for hydroxylation is 1. The Balaban J connectivity index is 1.89. The SMILES string of the molecule is CCc1nc(N)cc(N2CCOC3CCCCC32)n1. The number of hydrogen-bond acceptors (Lipinski definition) is 5. The van der Waals surface area contributed by atoms with E-state index in [1.54, 1.807) is 0 Å². The lowest BCUT2D eigenvalue weighted by Crippen LogP contribution is -2.53. The van der Waals surface area contributed by atoms with Crippen LogP contribution in [0.5, 0.6) is 0 Å². The third kappa shape index (κ3) is 2.52. The fourth-order valence-corrected chi connectivity index (χ4v) is 3.19. The minimum absolute atomic E-state index is 0.365. The van der Waals surface area contributed by atoms with Gasteiger partial charge in [0.25, 0.3) is 0 Å². The van der Waals surface area contributed by atoms with Crippen LogP contribution in [0.15, 0.2) is 6.07 Å². The van der Waals surface area contributed by atoms with E-state index in [-0.39, 0.29) is 0 Å². The smallest absolute Gasteiger partial charge is 0.134 e. The molecule has 0 radical (unpaired) electrons. The van der Waals surface area contributed by atoms with E-state index in [9.17, 15) is 0 Å². The van der Waals surface area contributed by atoms with Gasteiger partial charge in [-0.05, 0) is 12.8 Å². The lowest BCUT2D eigenvalue weighted by atomic mass is 9.90. The zero-order valence-electron chi connectivity index (χ0n) is 11.5. The maximum absolute atomic E-state index is 5.90. The number of ether oxygens (including phenoxy) is 1. The van der Waals surface area contributed by atoms with Gasteiger partial charge in [0.15, 0.2) is 0 Å². The Bertz CT molecular complexity index is 449. The minimum atomic E-state index is 0.365. The van der Waals surface area contributed by atoms with E-state index >= 15 is 0 Å². The maximum Gasteiger partial charge on any atom is 0.134 e. The molecule has 19 heavy (non-hydrogen) atoms. The fraction of sp³-hybridized carbons (Fsp3) is 0.714. The molecule has 0 aromatic carbocycles. The second-order valence-electron chi connectivity index (χ2n) is 5.38. The zero-order valence-corrected chi connectivity index (χ0v) is 11.5. The monoisotopic (exact) mass is 262 g/mol. The van der Waals surface area contributed by atoms with Crippen LogP contribution >= 0.6 is 0 Å². The van der Waals surface area contributed by atoms with E-state index in [1.165, 1.54) is 25.7 Å². The van der Waals surface area contributed by atoms with Crippen molar-refractivity contribution in [2.24, 2.45) is 0 Å². The van der Waals surface area contributed by atoms with Crippen molar-refractivity contribution in [2.45, 2.75) is 51.2 Å². The predicted octanol–water partition coefficient (Wildman–Crippen LogP) is 1.77. The Kier molecular flexibility index (Phi) is 3.55. The van der Waals surface area contributed by atoms with Crippen LogP contribution < -0.4 is 10.6 Å². The number of rotatable bonds is 2. The van der Waals surface area contributed by atoms with E-state index in [4.69, 9.17) is 10.5 Å². The van der Waals surface area contributed by atoms with Crippen molar-refractivity contribution < 1.29 is 4.74 Å². The van der Waals surface area contributed by atoms with Crippen LogP contribution in [0.4, 0.5) is 11.6 Å². The molecule has 0 bridgehead atoms. The van der Waals surface area contributed by atoms with Gasteiger partial charge in [-0.1, -0.05) is 19.8 Å². The second kappa shape index (κ2) is 5.33. The summed E-state index contributed by atoms with van der Waals surface area (Å²) in [6.45, 7) is 3.74. The topological polar surface area (TPSA) is 64.3 Å². The van der Waals surface area contributed by atoms with E-state index in [2.05, 4.69) is 21.8 Å². The second-order valence-corrected chi connectivity index (χ2v) is 5.38. The molecule has 2 fully saturated rings. The summed E-state index contributed by atoms with van der Waals surface area (Å²) < 4.78 is 5.90. The number of nitrogen functional groups attached to an aromatic ring is 1. The molecule has 1 aliphatic heterocycles. The Hall–Kier alpha value is -1.36. The van der Waals surface area contributed by atoms with Crippen molar-refractivity contribution >= 4 is 11.6 Å². The van der Waals surface area contributed by atoms with Crippen LogP contribution in [0.2, 0.25) is 0 Å². The molecule has 2 atom stereocenters. The molecule has 0 spiro atoms. The van der Waals surface area contributed by atoms with E-state index < -0.39 is 0 Å². The summed E-state index contributed by atoms with van der Waals surface area (Å²) in [6, 6.07) is 2.36. The van der Waals surface area contributed by atoms with Gasteiger partial charge in [-0.25, -0.2) is 9.97 Å². The highest BCUT2D eigenvalue weighted by Crippen LogP contribution is 2.31.